The van der Waals surface area contributed by atoms with Crippen LogP contribution < -0.4 is 11.1 Å². The predicted octanol–water partition coefficient (Wildman–Crippen LogP) is 4.28. The third-order valence-electron chi connectivity index (χ3n) is 4.70. The molecule has 1 saturated heterocycles. The topological polar surface area (TPSA) is 75.4 Å². The van der Waals surface area contributed by atoms with Crippen molar-refractivity contribution in [2.24, 2.45) is 11.7 Å². The number of nitrogens with one attached hydrogen (secondary N) is 1. The first-order valence-electron chi connectivity index (χ1n) is 8.65. The highest BCUT2D eigenvalue weighted by Crippen LogP contribution is 2.26. The summed E-state index contributed by atoms with van der Waals surface area (Å²) in [7, 11) is 0. The third-order valence-corrected chi connectivity index (χ3v) is 5.89. The molecule has 0 radical (unpaired) electrons. The largest absolute Gasteiger partial charge is 0.338 e. The standard InChI is InChI=1S/C19H22ClN3O2S.ClH/c1-12(21)14-4-2-8-23(11-14)19(25)13-6-7-15(20)16(10-13)22-18(24)17-5-3-9-26-17;/h3,5-7,9-10,12,14H,2,4,8,11,21H2,1H3,(H,22,24);1H. The number of anilines is 1. The minimum atomic E-state index is -0.235. The summed E-state index contributed by atoms with van der Waals surface area (Å²) < 4.78 is 0. The number of benzene rings is 1. The van der Waals surface area contributed by atoms with E-state index in [4.69, 9.17) is 17.3 Å². The van der Waals surface area contributed by atoms with Crippen LogP contribution in [-0.2, 0) is 0 Å². The SMILES string of the molecule is CC(N)C1CCCN(C(=O)c2ccc(Cl)c(NC(=O)c3cccs3)c2)C1.Cl. The summed E-state index contributed by atoms with van der Waals surface area (Å²) in [5.74, 6) is 0.0260. The highest BCUT2D eigenvalue weighted by molar-refractivity contribution is 7.12. The van der Waals surface area contributed by atoms with E-state index in [9.17, 15) is 9.59 Å². The van der Waals surface area contributed by atoms with Gasteiger partial charge < -0.3 is 16.0 Å². The van der Waals surface area contributed by atoms with Crippen molar-refractivity contribution in [3.05, 3.63) is 51.2 Å². The molecule has 2 atom stereocenters. The first-order chi connectivity index (χ1) is 12.5. The number of nitrogens with two attached hydrogens (primary N) is 1. The number of carbonyl (C=O) groups is 2. The molecule has 0 saturated carbocycles. The Bertz CT molecular complexity index is 796. The summed E-state index contributed by atoms with van der Waals surface area (Å²) >= 11 is 7.55. The Labute approximate surface area is 174 Å². The van der Waals surface area contributed by atoms with Gasteiger partial charge in [-0.2, -0.15) is 0 Å². The second-order valence-electron chi connectivity index (χ2n) is 6.64. The van der Waals surface area contributed by atoms with Gasteiger partial charge in [-0.1, -0.05) is 17.7 Å². The van der Waals surface area contributed by atoms with E-state index in [1.165, 1.54) is 11.3 Å². The maximum Gasteiger partial charge on any atom is 0.265 e. The summed E-state index contributed by atoms with van der Waals surface area (Å²) in [6.45, 7) is 3.37. The van der Waals surface area contributed by atoms with Crippen molar-refractivity contribution in [2.75, 3.05) is 18.4 Å². The number of amides is 2. The van der Waals surface area contributed by atoms with E-state index < -0.39 is 0 Å². The number of hydrogen-bond acceptors (Lipinski definition) is 4. The van der Waals surface area contributed by atoms with Crippen molar-refractivity contribution in [2.45, 2.75) is 25.8 Å². The van der Waals surface area contributed by atoms with Gasteiger partial charge in [0.1, 0.15) is 0 Å². The lowest BCUT2D eigenvalue weighted by Gasteiger charge is -2.34. The zero-order chi connectivity index (χ0) is 18.7. The van der Waals surface area contributed by atoms with Crippen LogP contribution in [-0.4, -0.2) is 35.8 Å². The molecule has 1 aromatic carbocycles. The number of thiophene rings is 1. The minimum absolute atomic E-state index is 0. The van der Waals surface area contributed by atoms with Gasteiger partial charge in [-0.05, 0) is 55.3 Å². The number of nitrogens with zero attached hydrogens (tertiary/aromatic N) is 1. The lowest BCUT2D eigenvalue weighted by molar-refractivity contribution is 0.0661. The molecule has 1 aromatic heterocycles. The van der Waals surface area contributed by atoms with Crippen LogP contribution in [0.4, 0.5) is 5.69 Å². The van der Waals surface area contributed by atoms with Gasteiger partial charge in [-0.25, -0.2) is 0 Å². The molecule has 2 heterocycles. The van der Waals surface area contributed by atoms with Crippen molar-refractivity contribution < 1.29 is 9.59 Å². The van der Waals surface area contributed by atoms with E-state index >= 15 is 0 Å². The maximum atomic E-state index is 12.9. The number of piperidine rings is 1. The lowest BCUT2D eigenvalue weighted by atomic mass is 9.92. The number of halogens is 2. The van der Waals surface area contributed by atoms with Gasteiger partial charge in [-0.3, -0.25) is 9.59 Å². The van der Waals surface area contributed by atoms with Crippen LogP contribution in [0, 0.1) is 5.92 Å². The average molecular weight is 428 g/mol. The molecule has 0 aliphatic carbocycles. The zero-order valence-electron chi connectivity index (χ0n) is 15.0. The Morgan fingerprint density at radius 1 is 1.37 bits per heavy atom. The maximum absolute atomic E-state index is 12.9. The number of likely N-dealkylation sites (tertiary alicyclic amines) is 1. The number of carbonyl (C=O) groups excluding carboxylic acids is 2. The quantitative estimate of drug-likeness (QED) is 0.764. The van der Waals surface area contributed by atoms with E-state index in [1.807, 2.05) is 23.3 Å². The first-order valence-corrected chi connectivity index (χ1v) is 9.90. The number of rotatable bonds is 4. The fourth-order valence-electron chi connectivity index (χ4n) is 3.15. The van der Waals surface area contributed by atoms with Crippen molar-refractivity contribution in [3.8, 4) is 0 Å². The van der Waals surface area contributed by atoms with Gasteiger partial charge in [0.15, 0.2) is 0 Å². The van der Waals surface area contributed by atoms with Gasteiger partial charge >= 0.3 is 0 Å². The monoisotopic (exact) mass is 427 g/mol. The van der Waals surface area contributed by atoms with E-state index in [2.05, 4.69) is 5.32 Å². The summed E-state index contributed by atoms with van der Waals surface area (Å²) in [6.07, 6.45) is 2.00. The molecule has 2 unspecified atom stereocenters. The smallest absolute Gasteiger partial charge is 0.265 e. The van der Waals surface area contributed by atoms with Gasteiger partial charge in [0, 0.05) is 24.7 Å². The molecule has 5 nitrogen and oxygen atoms in total. The molecule has 1 fully saturated rings. The van der Waals surface area contributed by atoms with Crippen molar-refractivity contribution in [1.82, 2.24) is 4.90 Å². The predicted molar refractivity (Wildman–Crippen MR) is 113 cm³/mol. The molecule has 146 valence electrons. The Morgan fingerprint density at radius 3 is 2.81 bits per heavy atom. The molecule has 2 aromatic rings. The molecule has 3 rings (SSSR count). The fourth-order valence-corrected chi connectivity index (χ4v) is 3.94. The Balaban J connectivity index is 0.00000261. The molecular weight excluding hydrogens is 405 g/mol. The van der Waals surface area contributed by atoms with Crippen molar-refractivity contribution >= 4 is 52.8 Å². The molecule has 3 N–H and O–H groups in total. The van der Waals surface area contributed by atoms with Gasteiger partial charge in [0.05, 0.1) is 15.6 Å². The molecule has 27 heavy (non-hydrogen) atoms. The van der Waals surface area contributed by atoms with E-state index in [0.717, 1.165) is 19.4 Å². The van der Waals surface area contributed by atoms with E-state index in [1.54, 1.807) is 24.3 Å². The van der Waals surface area contributed by atoms with Gasteiger partial charge in [0.2, 0.25) is 0 Å². The van der Waals surface area contributed by atoms with Crippen LogP contribution in [0.1, 0.15) is 39.8 Å². The molecule has 2 amide bonds. The van der Waals surface area contributed by atoms with Crippen molar-refractivity contribution in [3.63, 3.8) is 0 Å². The molecule has 8 heteroatoms. The van der Waals surface area contributed by atoms with Crippen molar-refractivity contribution in [1.29, 1.82) is 0 Å². The van der Waals surface area contributed by atoms with Crippen LogP contribution in [0.5, 0.6) is 0 Å². The molecule has 1 aliphatic rings. The minimum Gasteiger partial charge on any atom is -0.338 e. The van der Waals surface area contributed by atoms with Crippen LogP contribution in [0.3, 0.4) is 0 Å². The first kappa shape index (κ1) is 21.7. The Hall–Kier alpha value is -1.60. The summed E-state index contributed by atoms with van der Waals surface area (Å²) in [4.78, 5) is 27.6. The second kappa shape index (κ2) is 9.55. The van der Waals surface area contributed by atoms with E-state index in [-0.39, 0.29) is 30.3 Å². The molecule has 1 aliphatic heterocycles. The highest BCUT2D eigenvalue weighted by atomic mass is 35.5. The van der Waals surface area contributed by atoms with Crippen LogP contribution in [0.25, 0.3) is 0 Å². The summed E-state index contributed by atoms with van der Waals surface area (Å²) in [5.41, 5.74) is 6.97. The summed E-state index contributed by atoms with van der Waals surface area (Å²) in [6, 6.07) is 8.60. The third kappa shape index (κ3) is 5.23. The Morgan fingerprint density at radius 2 is 2.15 bits per heavy atom. The van der Waals surface area contributed by atoms with Crippen LogP contribution in [0.15, 0.2) is 35.7 Å². The highest BCUT2D eigenvalue weighted by Gasteiger charge is 2.26. The average Bonchev–Trinajstić information content (AvgIpc) is 3.18. The van der Waals surface area contributed by atoms with Crippen LogP contribution in [0.2, 0.25) is 5.02 Å². The van der Waals surface area contributed by atoms with Gasteiger partial charge in [-0.15, -0.1) is 23.7 Å². The van der Waals surface area contributed by atoms with Gasteiger partial charge in [0.25, 0.3) is 11.8 Å². The Kier molecular flexibility index (Phi) is 7.68. The zero-order valence-corrected chi connectivity index (χ0v) is 17.4. The summed E-state index contributed by atoms with van der Waals surface area (Å²) in [5, 5.41) is 5.02. The molecular formula is C19H23Cl2N3O2S. The fraction of sp³-hybridized carbons (Fsp3) is 0.368. The van der Waals surface area contributed by atoms with E-state index in [0.29, 0.717) is 33.6 Å². The molecule has 0 bridgehead atoms. The second-order valence-corrected chi connectivity index (χ2v) is 7.99. The lowest BCUT2D eigenvalue weighted by Crippen LogP contribution is -2.45. The molecule has 0 spiro atoms. The number of hydrogen-bond donors (Lipinski definition) is 2. The van der Waals surface area contributed by atoms with Crippen LogP contribution >= 0.6 is 35.3 Å². The normalized spacial score (nSPS) is 17.7.